The van der Waals surface area contributed by atoms with Gasteiger partial charge in [-0.25, -0.2) is 4.98 Å². The molecule has 2 aromatic carbocycles. The normalized spacial score (nSPS) is 18.8. The van der Waals surface area contributed by atoms with Crippen LogP contribution in [0.5, 0.6) is 0 Å². The zero-order valence-corrected chi connectivity index (χ0v) is 14.8. The summed E-state index contributed by atoms with van der Waals surface area (Å²) in [6.07, 6.45) is 3.87. The van der Waals surface area contributed by atoms with Crippen molar-refractivity contribution >= 4 is 26.7 Å². The van der Waals surface area contributed by atoms with Crippen molar-refractivity contribution in [3.8, 4) is 11.1 Å². The maximum atomic E-state index is 10.4. The monoisotopic (exact) mass is 359 g/mol. The van der Waals surface area contributed by atoms with Crippen LogP contribution in [-0.4, -0.2) is 21.2 Å². The number of aliphatic hydroxyl groups is 1. The van der Waals surface area contributed by atoms with Crippen LogP contribution >= 0.6 is 11.3 Å². The average Bonchev–Trinajstić information content (AvgIpc) is 3.22. The summed E-state index contributed by atoms with van der Waals surface area (Å²) in [4.78, 5) is 8.78. The lowest BCUT2D eigenvalue weighted by atomic mass is 10.1. The fourth-order valence-electron chi connectivity index (χ4n) is 3.59. The van der Waals surface area contributed by atoms with Gasteiger partial charge in [0.2, 0.25) is 0 Å². The van der Waals surface area contributed by atoms with Gasteiger partial charge < -0.3 is 10.4 Å². The molecule has 5 heteroatoms. The Kier molecular flexibility index (Phi) is 3.69. The molecule has 1 aliphatic carbocycles. The van der Waals surface area contributed by atoms with Gasteiger partial charge in [-0.15, -0.1) is 0 Å². The number of aliphatic hydroxyl groups excluding tert-OH is 1. The van der Waals surface area contributed by atoms with Crippen LogP contribution in [0.2, 0.25) is 0 Å². The number of nitrogens with one attached hydrogen (secondary N) is 1. The second kappa shape index (κ2) is 6.20. The van der Waals surface area contributed by atoms with Gasteiger partial charge in [-0.05, 0) is 46.5 Å². The van der Waals surface area contributed by atoms with Gasteiger partial charge in [-0.2, -0.15) is 0 Å². The third kappa shape index (κ3) is 2.66. The van der Waals surface area contributed by atoms with Gasteiger partial charge in [0.1, 0.15) is 0 Å². The summed E-state index contributed by atoms with van der Waals surface area (Å²) in [6, 6.07) is 18.4. The molecule has 0 bridgehead atoms. The molecule has 0 amide bonds. The lowest BCUT2D eigenvalue weighted by molar-refractivity contribution is 0.166. The highest BCUT2D eigenvalue weighted by atomic mass is 32.1. The largest absolute Gasteiger partial charge is 0.390 e. The SMILES string of the molecule is O[C@H]1Cc2ccccc2[C@@H]1Nc1nc2ccc(-c3ccncc3)cc2s1. The highest BCUT2D eigenvalue weighted by molar-refractivity contribution is 7.22. The molecule has 1 aliphatic rings. The van der Waals surface area contributed by atoms with E-state index in [-0.39, 0.29) is 6.04 Å². The number of pyridine rings is 1. The van der Waals surface area contributed by atoms with E-state index in [1.165, 1.54) is 5.56 Å². The topological polar surface area (TPSA) is 58.0 Å². The number of hydrogen-bond donors (Lipinski definition) is 2. The lowest BCUT2D eigenvalue weighted by Crippen LogP contribution is -2.20. The van der Waals surface area contributed by atoms with E-state index in [4.69, 9.17) is 4.98 Å². The maximum Gasteiger partial charge on any atom is 0.184 e. The van der Waals surface area contributed by atoms with Crippen molar-refractivity contribution in [3.63, 3.8) is 0 Å². The minimum atomic E-state index is -0.424. The quantitative estimate of drug-likeness (QED) is 0.568. The molecule has 2 atom stereocenters. The second-order valence-electron chi connectivity index (χ2n) is 6.53. The maximum absolute atomic E-state index is 10.4. The first-order chi connectivity index (χ1) is 12.8. The minimum absolute atomic E-state index is 0.105. The van der Waals surface area contributed by atoms with E-state index in [1.54, 1.807) is 23.7 Å². The lowest BCUT2D eigenvalue weighted by Gasteiger charge is -2.16. The smallest absolute Gasteiger partial charge is 0.184 e. The van der Waals surface area contributed by atoms with Crippen molar-refractivity contribution in [1.82, 2.24) is 9.97 Å². The molecule has 0 radical (unpaired) electrons. The molecular weight excluding hydrogens is 342 g/mol. The summed E-state index contributed by atoms with van der Waals surface area (Å²) < 4.78 is 1.13. The molecule has 0 saturated heterocycles. The average molecular weight is 359 g/mol. The Hall–Kier alpha value is -2.76. The number of nitrogens with zero attached hydrogens (tertiary/aromatic N) is 2. The summed E-state index contributed by atoms with van der Waals surface area (Å²) in [6.45, 7) is 0. The van der Waals surface area contributed by atoms with Gasteiger partial charge >= 0.3 is 0 Å². The Balaban J connectivity index is 1.47. The molecule has 2 aromatic heterocycles. The van der Waals surface area contributed by atoms with Gasteiger partial charge in [0.25, 0.3) is 0 Å². The Morgan fingerprint density at radius 2 is 1.85 bits per heavy atom. The van der Waals surface area contributed by atoms with Crippen molar-refractivity contribution in [2.75, 3.05) is 5.32 Å². The van der Waals surface area contributed by atoms with Crippen molar-refractivity contribution in [1.29, 1.82) is 0 Å². The third-order valence-corrected chi connectivity index (χ3v) is 5.83. The number of benzene rings is 2. The van der Waals surface area contributed by atoms with Crippen molar-refractivity contribution < 1.29 is 5.11 Å². The summed E-state index contributed by atoms with van der Waals surface area (Å²) in [5.41, 5.74) is 5.64. The summed E-state index contributed by atoms with van der Waals surface area (Å²) in [5.74, 6) is 0. The molecule has 0 fully saturated rings. The fourth-order valence-corrected chi connectivity index (χ4v) is 4.53. The van der Waals surface area contributed by atoms with E-state index in [0.29, 0.717) is 6.42 Å². The van der Waals surface area contributed by atoms with Crippen LogP contribution in [0.4, 0.5) is 5.13 Å². The molecular formula is C21H17N3OS. The van der Waals surface area contributed by atoms with E-state index in [1.807, 2.05) is 30.3 Å². The summed E-state index contributed by atoms with van der Waals surface area (Å²) >= 11 is 1.62. The van der Waals surface area contributed by atoms with E-state index in [2.05, 4.69) is 34.6 Å². The Morgan fingerprint density at radius 3 is 2.73 bits per heavy atom. The highest BCUT2D eigenvalue weighted by Gasteiger charge is 2.31. The zero-order valence-electron chi connectivity index (χ0n) is 14.0. The van der Waals surface area contributed by atoms with Crippen LogP contribution in [0.15, 0.2) is 67.0 Å². The van der Waals surface area contributed by atoms with Crippen molar-refractivity contribution in [3.05, 3.63) is 78.1 Å². The predicted molar refractivity (Wildman–Crippen MR) is 105 cm³/mol. The number of fused-ring (bicyclic) bond motifs is 2. The standard InChI is InChI=1S/C21H17N3OS/c25-18-11-15-3-1-2-4-16(15)20(18)24-21-23-17-6-5-14(12-19(17)26-21)13-7-9-22-10-8-13/h1-10,12,18,20,25H,11H2,(H,23,24)/t18-,20-/m0/s1. The number of anilines is 1. The highest BCUT2D eigenvalue weighted by Crippen LogP contribution is 2.37. The van der Waals surface area contributed by atoms with E-state index in [0.717, 1.165) is 32.0 Å². The fraction of sp³-hybridized carbons (Fsp3) is 0.143. The van der Waals surface area contributed by atoms with Gasteiger partial charge in [0.15, 0.2) is 5.13 Å². The molecule has 5 rings (SSSR count). The van der Waals surface area contributed by atoms with Crippen molar-refractivity contribution in [2.45, 2.75) is 18.6 Å². The number of rotatable bonds is 3. The minimum Gasteiger partial charge on any atom is -0.390 e. The van der Waals surface area contributed by atoms with Crippen LogP contribution in [0.1, 0.15) is 17.2 Å². The van der Waals surface area contributed by atoms with E-state index in [9.17, 15) is 5.11 Å². The first-order valence-corrected chi connectivity index (χ1v) is 9.43. The molecule has 128 valence electrons. The van der Waals surface area contributed by atoms with Crippen molar-refractivity contribution in [2.24, 2.45) is 0 Å². The molecule has 4 aromatic rings. The van der Waals surface area contributed by atoms with Crippen LogP contribution in [0.25, 0.3) is 21.3 Å². The predicted octanol–water partition coefficient (Wildman–Crippen LogP) is 4.43. The first kappa shape index (κ1) is 15.5. The Labute approximate surface area is 155 Å². The first-order valence-electron chi connectivity index (χ1n) is 8.61. The molecule has 2 N–H and O–H groups in total. The van der Waals surface area contributed by atoms with Gasteiger partial charge in [0.05, 0.1) is 22.4 Å². The third-order valence-electron chi connectivity index (χ3n) is 4.89. The molecule has 4 nitrogen and oxygen atoms in total. The van der Waals surface area contributed by atoms with Crippen LogP contribution in [-0.2, 0) is 6.42 Å². The molecule has 0 spiro atoms. The summed E-state index contributed by atoms with van der Waals surface area (Å²) in [7, 11) is 0. The van der Waals surface area contributed by atoms with E-state index < -0.39 is 6.10 Å². The Morgan fingerprint density at radius 1 is 1.00 bits per heavy atom. The second-order valence-corrected chi connectivity index (χ2v) is 7.56. The van der Waals surface area contributed by atoms with Gasteiger partial charge in [-0.3, -0.25) is 4.98 Å². The molecule has 26 heavy (non-hydrogen) atoms. The van der Waals surface area contributed by atoms with Gasteiger partial charge in [0, 0.05) is 18.8 Å². The van der Waals surface area contributed by atoms with Crippen LogP contribution < -0.4 is 5.32 Å². The molecule has 0 unspecified atom stereocenters. The zero-order chi connectivity index (χ0) is 17.5. The Bertz CT molecular complexity index is 1080. The number of aromatic nitrogens is 2. The number of hydrogen-bond acceptors (Lipinski definition) is 5. The van der Waals surface area contributed by atoms with Crippen LogP contribution in [0, 0.1) is 0 Å². The molecule has 0 saturated carbocycles. The number of thiazole rings is 1. The van der Waals surface area contributed by atoms with Crippen LogP contribution in [0.3, 0.4) is 0 Å². The van der Waals surface area contributed by atoms with E-state index >= 15 is 0 Å². The van der Waals surface area contributed by atoms with Gasteiger partial charge in [-0.1, -0.05) is 41.7 Å². The summed E-state index contributed by atoms with van der Waals surface area (Å²) in [5, 5.41) is 14.7. The molecule has 2 heterocycles. The molecule has 0 aliphatic heterocycles.